The third-order valence-corrected chi connectivity index (χ3v) is 4.64. The van der Waals surface area contributed by atoms with E-state index in [1.165, 1.54) is 44.1 Å². The van der Waals surface area contributed by atoms with Crippen molar-refractivity contribution < 1.29 is 4.74 Å². The van der Waals surface area contributed by atoms with Gasteiger partial charge in [-0.25, -0.2) is 0 Å². The fraction of sp³-hybridized carbons (Fsp3) is 0.667. The number of benzene rings is 1. The Balaban J connectivity index is 1.74. The molecule has 1 saturated carbocycles. The van der Waals surface area contributed by atoms with E-state index in [9.17, 15) is 0 Å². The summed E-state index contributed by atoms with van der Waals surface area (Å²) in [6, 6.07) is 9.15. The molecule has 1 fully saturated rings. The van der Waals surface area contributed by atoms with Crippen LogP contribution in [-0.4, -0.2) is 19.7 Å². The highest BCUT2D eigenvalue weighted by molar-refractivity contribution is 5.27. The highest BCUT2D eigenvalue weighted by atomic mass is 16.5. The molecule has 0 heterocycles. The monoisotopic (exact) mass is 275 g/mol. The molecule has 2 heteroatoms. The molecule has 20 heavy (non-hydrogen) atoms. The van der Waals surface area contributed by atoms with Gasteiger partial charge >= 0.3 is 0 Å². The fourth-order valence-corrected chi connectivity index (χ4v) is 3.37. The summed E-state index contributed by atoms with van der Waals surface area (Å²) in [5, 5.41) is 3.78. The van der Waals surface area contributed by atoms with Crippen molar-refractivity contribution in [3.63, 3.8) is 0 Å². The number of methoxy groups -OCH3 is 1. The standard InChI is InChI=1S/C18H29NO/c1-3-18(16-7-5-4-6-8-16)19-14-13-15-9-11-17(20-2)12-10-15/h9-12,16,18-19H,3-8,13-14H2,1-2H3. The first-order valence-corrected chi connectivity index (χ1v) is 8.19. The Bertz CT molecular complexity index is 368. The first kappa shape index (κ1) is 15.4. The molecular formula is C18H29NO. The molecule has 2 nitrogen and oxygen atoms in total. The van der Waals surface area contributed by atoms with E-state index in [0.29, 0.717) is 6.04 Å². The van der Waals surface area contributed by atoms with Gasteiger partial charge in [0.1, 0.15) is 5.75 Å². The third kappa shape index (κ3) is 4.52. The second kappa shape index (κ2) is 8.31. The van der Waals surface area contributed by atoms with Gasteiger partial charge in [-0.15, -0.1) is 0 Å². The van der Waals surface area contributed by atoms with Crippen LogP contribution in [0.5, 0.6) is 5.75 Å². The molecule has 0 aliphatic heterocycles. The van der Waals surface area contributed by atoms with Crippen LogP contribution in [0.25, 0.3) is 0 Å². The van der Waals surface area contributed by atoms with Crippen LogP contribution in [0.2, 0.25) is 0 Å². The van der Waals surface area contributed by atoms with E-state index in [1.807, 2.05) is 12.1 Å². The highest BCUT2D eigenvalue weighted by Gasteiger charge is 2.21. The van der Waals surface area contributed by atoms with Crippen LogP contribution in [0.1, 0.15) is 51.0 Å². The smallest absolute Gasteiger partial charge is 0.118 e. The molecule has 1 aliphatic rings. The van der Waals surface area contributed by atoms with Gasteiger partial charge in [0.05, 0.1) is 7.11 Å². The van der Waals surface area contributed by atoms with Crippen molar-refractivity contribution in [2.45, 2.75) is 57.9 Å². The van der Waals surface area contributed by atoms with Crippen LogP contribution in [0.15, 0.2) is 24.3 Å². The van der Waals surface area contributed by atoms with Gasteiger partial charge in [0.15, 0.2) is 0 Å². The summed E-state index contributed by atoms with van der Waals surface area (Å²) < 4.78 is 5.19. The largest absolute Gasteiger partial charge is 0.497 e. The minimum absolute atomic E-state index is 0.716. The lowest BCUT2D eigenvalue weighted by Gasteiger charge is -2.30. The first-order valence-electron chi connectivity index (χ1n) is 8.19. The van der Waals surface area contributed by atoms with Crippen molar-refractivity contribution in [1.82, 2.24) is 5.32 Å². The molecule has 112 valence electrons. The summed E-state index contributed by atoms with van der Waals surface area (Å²) in [5.74, 6) is 1.85. The lowest BCUT2D eigenvalue weighted by Crippen LogP contribution is -2.37. The van der Waals surface area contributed by atoms with Crippen LogP contribution in [0.4, 0.5) is 0 Å². The molecule has 0 spiro atoms. The predicted octanol–water partition coefficient (Wildman–Crippen LogP) is 4.19. The molecule has 0 aromatic heterocycles. The molecule has 0 amide bonds. The van der Waals surface area contributed by atoms with E-state index in [4.69, 9.17) is 4.74 Å². The Morgan fingerprint density at radius 1 is 1.15 bits per heavy atom. The van der Waals surface area contributed by atoms with Crippen LogP contribution in [0.3, 0.4) is 0 Å². The predicted molar refractivity (Wildman–Crippen MR) is 85.4 cm³/mol. The minimum Gasteiger partial charge on any atom is -0.497 e. The number of rotatable bonds is 7. The number of hydrogen-bond donors (Lipinski definition) is 1. The molecule has 1 N–H and O–H groups in total. The van der Waals surface area contributed by atoms with Crippen LogP contribution in [-0.2, 0) is 6.42 Å². The van der Waals surface area contributed by atoms with E-state index in [-0.39, 0.29) is 0 Å². The Kier molecular flexibility index (Phi) is 6.38. The number of nitrogens with one attached hydrogen (secondary N) is 1. The zero-order valence-corrected chi connectivity index (χ0v) is 13.0. The summed E-state index contributed by atoms with van der Waals surface area (Å²) in [6.07, 6.45) is 9.52. The van der Waals surface area contributed by atoms with E-state index in [0.717, 1.165) is 24.6 Å². The van der Waals surface area contributed by atoms with Crippen molar-refractivity contribution in [1.29, 1.82) is 0 Å². The summed E-state index contributed by atoms with van der Waals surface area (Å²) in [7, 11) is 1.71. The molecular weight excluding hydrogens is 246 g/mol. The second-order valence-electron chi connectivity index (χ2n) is 5.97. The van der Waals surface area contributed by atoms with Gasteiger partial charge in [-0.1, -0.05) is 38.3 Å². The molecule has 1 aliphatic carbocycles. The van der Waals surface area contributed by atoms with Crippen molar-refractivity contribution in [3.8, 4) is 5.75 Å². The molecule has 0 bridgehead atoms. The van der Waals surface area contributed by atoms with Crippen molar-refractivity contribution in [3.05, 3.63) is 29.8 Å². The summed E-state index contributed by atoms with van der Waals surface area (Å²) in [6.45, 7) is 3.40. The average molecular weight is 275 g/mol. The maximum absolute atomic E-state index is 5.19. The third-order valence-electron chi connectivity index (χ3n) is 4.64. The van der Waals surface area contributed by atoms with Crippen LogP contribution in [0, 0.1) is 5.92 Å². The zero-order chi connectivity index (χ0) is 14.2. The lowest BCUT2D eigenvalue weighted by atomic mass is 9.83. The van der Waals surface area contributed by atoms with Crippen LogP contribution >= 0.6 is 0 Å². The molecule has 0 saturated heterocycles. The van der Waals surface area contributed by atoms with E-state index in [1.54, 1.807) is 7.11 Å². The lowest BCUT2D eigenvalue weighted by molar-refractivity contribution is 0.264. The van der Waals surface area contributed by atoms with E-state index in [2.05, 4.69) is 24.4 Å². The Hall–Kier alpha value is -1.02. The van der Waals surface area contributed by atoms with Crippen molar-refractivity contribution >= 4 is 0 Å². The fourth-order valence-electron chi connectivity index (χ4n) is 3.37. The van der Waals surface area contributed by atoms with Crippen molar-refractivity contribution in [2.75, 3.05) is 13.7 Å². The van der Waals surface area contributed by atoms with Gasteiger partial charge in [-0.2, -0.15) is 0 Å². The van der Waals surface area contributed by atoms with E-state index < -0.39 is 0 Å². The molecule has 1 aromatic carbocycles. The molecule has 1 aromatic rings. The van der Waals surface area contributed by atoms with Crippen molar-refractivity contribution in [2.24, 2.45) is 5.92 Å². The Morgan fingerprint density at radius 2 is 1.85 bits per heavy atom. The molecule has 2 rings (SSSR count). The summed E-state index contributed by atoms with van der Waals surface area (Å²) in [5.41, 5.74) is 1.39. The highest BCUT2D eigenvalue weighted by Crippen LogP contribution is 2.27. The molecule has 1 unspecified atom stereocenters. The number of ether oxygens (including phenoxy) is 1. The molecule has 1 atom stereocenters. The topological polar surface area (TPSA) is 21.3 Å². The van der Waals surface area contributed by atoms with Gasteiger partial charge in [0.25, 0.3) is 0 Å². The normalized spacial score (nSPS) is 17.9. The summed E-state index contributed by atoms with van der Waals surface area (Å²) in [4.78, 5) is 0. The minimum atomic E-state index is 0.716. The van der Waals surface area contributed by atoms with Gasteiger partial charge in [0.2, 0.25) is 0 Å². The first-order chi connectivity index (χ1) is 9.83. The Morgan fingerprint density at radius 3 is 2.45 bits per heavy atom. The SMILES string of the molecule is CCC(NCCc1ccc(OC)cc1)C1CCCCC1. The summed E-state index contributed by atoms with van der Waals surface area (Å²) >= 11 is 0. The maximum Gasteiger partial charge on any atom is 0.118 e. The van der Waals surface area contributed by atoms with Gasteiger partial charge in [0, 0.05) is 6.04 Å². The van der Waals surface area contributed by atoms with Gasteiger partial charge < -0.3 is 10.1 Å². The molecule has 0 radical (unpaired) electrons. The Labute approximate surface area is 123 Å². The number of hydrogen-bond acceptors (Lipinski definition) is 2. The quantitative estimate of drug-likeness (QED) is 0.806. The van der Waals surface area contributed by atoms with Gasteiger partial charge in [-0.3, -0.25) is 0 Å². The average Bonchev–Trinajstić information content (AvgIpc) is 2.53. The van der Waals surface area contributed by atoms with Gasteiger partial charge in [-0.05, 0) is 55.8 Å². The van der Waals surface area contributed by atoms with Crippen LogP contribution < -0.4 is 10.1 Å². The zero-order valence-electron chi connectivity index (χ0n) is 13.0. The maximum atomic E-state index is 5.19. The van der Waals surface area contributed by atoms with E-state index >= 15 is 0 Å². The second-order valence-corrected chi connectivity index (χ2v) is 5.97.